The number of carbonyl (C=O) groups is 1. The van der Waals surface area contributed by atoms with Crippen LogP contribution >= 0.6 is 11.8 Å². The highest BCUT2D eigenvalue weighted by Gasteiger charge is 2.09. The number of carbonyl (C=O) groups excluding carboxylic acids is 1. The summed E-state index contributed by atoms with van der Waals surface area (Å²) < 4.78 is 0. The Kier molecular flexibility index (Phi) is 8.05. The Balaban J connectivity index is 2.24. The van der Waals surface area contributed by atoms with Crippen LogP contribution in [0.15, 0.2) is 18.5 Å². The fourth-order valence-corrected chi connectivity index (χ4v) is 2.31. The van der Waals surface area contributed by atoms with Gasteiger partial charge in [0.1, 0.15) is 0 Å². The van der Waals surface area contributed by atoms with E-state index in [1.54, 1.807) is 25.5 Å². The van der Waals surface area contributed by atoms with Gasteiger partial charge in [-0.25, -0.2) is 0 Å². The third kappa shape index (κ3) is 5.96. The van der Waals surface area contributed by atoms with Gasteiger partial charge < -0.3 is 10.6 Å². The van der Waals surface area contributed by atoms with Crippen LogP contribution in [0, 0.1) is 0 Å². The zero-order valence-corrected chi connectivity index (χ0v) is 12.6. The first-order valence-corrected chi connectivity index (χ1v) is 8.08. The minimum Gasteiger partial charge on any atom is -0.386 e. The van der Waals surface area contributed by atoms with Crippen molar-refractivity contribution >= 4 is 23.4 Å². The van der Waals surface area contributed by atoms with Crippen molar-refractivity contribution in [2.24, 2.45) is 0 Å². The molecule has 1 aromatic rings. The SMILES string of the molecule is CNc1cnccc1C(=O)NCCCCCCSC. The molecule has 0 aromatic carbocycles. The summed E-state index contributed by atoms with van der Waals surface area (Å²) in [6.45, 7) is 0.740. The van der Waals surface area contributed by atoms with Crippen molar-refractivity contribution in [3.8, 4) is 0 Å². The molecule has 2 N–H and O–H groups in total. The number of unbranched alkanes of at least 4 members (excludes halogenated alkanes) is 3. The minimum atomic E-state index is -0.0316. The Labute approximate surface area is 119 Å². The zero-order valence-electron chi connectivity index (χ0n) is 11.7. The zero-order chi connectivity index (χ0) is 13.9. The molecule has 0 atom stereocenters. The van der Waals surface area contributed by atoms with Gasteiger partial charge in [-0.2, -0.15) is 11.8 Å². The molecule has 0 saturated heterocycles. The number of thioether (sulfide) groups is 1. The maximum absolute atomic E-state index is 12.0. The quantitative estimate of drug-likeness (QED) is 0.683. The second-order valence-corrected chi connectivity index (χ2v) is 5.32. The van der Waals surface area contributed by atoms with Crippen molar-refractivity contribution in [2.45, 2.75) is 25.7 Å². The molecule has 1 heterocycles. The number of hydrogen-bond donors (Lipinski definition) is 2. The molecule has 1 aromatic heterocycles. The molecule has 0 saturated carbocycles. The molecule has 1 amide bonds. The number of anilines is 1. The van der Waals surface area contributed by atoms with Gasteiger partial charge in [-0.05, 0) is 30.9 Å². The molecule has 1 rings (SSSR count). The van der Waals surface area contributed by atoms with Gasteiger partial charge in [0, 0.05) is 19.8 Å². The van der Waals surface area contributed by atoms with Crippen LogP contribution in [0.4, 0.5) is 5.69 Å². The van der Waals surface area contributed by atoms with E-state index in [2.05, 4.69) is 21.9 Å². The van der Waals surface area contributed by atoms with Gasteiger partial charge in [0.05, 0.1) is 17.4 Å². The van der Waals surface area contributed by atoms with Crippen LogP contribution < -0.4 is 10.6 Å². The average molecular weight is 281 g/mol. The second kappa shape index (κ2) is 9.67. The summed E-state index contributed by atoms with van der Waals surface area (Å²) in [5.41, 5.74) is 1.42. The lowest BCUT2D eigenvalue weighted by Crippen LogP contribution is -2.25. The fraction of sp³-hybridized carbons (Fsp3) is 0.571. The first-order valence-electron chi connectivity index (χ1n) is 6.68. The maximum Gasteiger partial charge on any atom is 0.253 e. The molecule has 4 nitrogen and oxygen atoms in total. The Morgan fingerprint density at radius 1 is 1.32 bits per heavy atom. The Hall–Kier alpha value is -1.23. The topological polar surface area (TPSA) is 54.0 Å². The normalized spacial score (nSPS) is 10.2. The van der Waals surface area contributed by atoms with Gasteiger partial charge in [0.2, 0.25) is 0 Å². The molecule has 0 spiro atoms. The molecule has 0 aliphatic carbocycles. The maximum atomic E-state index is 12.0. The standard InChI is InChI=1S/C14H23N3OS/c1-15-13-11-16-9-7-12(13)14(18)17-8-5-3-4-6-10-19-2/h7,9,11,15H,3-6,8,10H2,1-2H3,(H,17,18). The van der Waals surface area contributed by atoms with Crippen molar-refractivity contribution in [2.75, 3.05) is 30.9 Å². The molecular weight excluding hydrogens is 258 g/mol. The third-order valence-electron chi connectivity index (χ3n) is 2.90. The van der Waals surface area contributed by atoms with Gasteiger partial charge in [-0.15, -0.1) is 0 Å². The molecular formula is C14H23N3OS. The number of hydrogen-bond acceptors (Lipinski definition) is 4. The molecule has 106 valence electrons. The third-order valence-corrected chi connectivity index (χ3v) is 3.59. The number of nitrogens with one attached hydrogen (secondary N) is 2. The second-order valence-electron chi connectivity index (χ2n) is 4.33. The predicted molar refractivity (Wildman–Crippen MR) is 83.0 cm³/mol. The molecule has 0 aliphatic heterocycles. The summed E-state index contributed by atoms with van der Waals surface area (Å²) in [7, 11) is 1.79. The monoisotopic (exact) mass is 281 g/mol. The number of nitrogens with zero attached hydrogens (tertiary/aromatic N) is 1. The van der Waals surface area contributed by atoms with E-state index in [9.17, 15) is 4.79 Å². The first-order chi connectivity index (χ1) is 9.29. The Morgan fingerprint density at radius 2 is 2.11 bits per heavy atom. The lowest BCUT2D eigenvalue weighted by molar-refractivity contribution is 0.0953. The Morgan fingerprint density at radius 3 is 2.84 bits per heavy atom. The van der Waals surface area contributed by atoms with Crippen LogP contribution in [0.3, 0.4) is 0 Å². The van der Waals surface area contributed by atoms with Crippen molar-refractivity contribution in [1.29, 1.82) is 0 Å². The highest BCUT2D eigenvalue weighted by Crippen LogP contribution is 2.12. The molecule has 5 heteroatoms. The van der Waals surface area contributed by atoms with E-state index in [0.29, 0.717) is 5.56 Å². The van der Waals surface area contributed by atoms with E-state index in [-0.39, 0.29) is 5.91 Å². The Bertz CT molecular complexity index is 385. The summed E-state index contributed by atoms with van der Waals surface area (Å²) in [6.07, 6.45) is 10.2. The highest BCUT2D eigenvalue weighted by molar-refractivity contribution is 7.98. The van der Waals surface area contributed by atoms with E-state index in [4.69, 9.17) is 0 Å². The molecule has 19 heavy (non-hydrogen) atoms. The van der Waals surface area contributed by atoms with Gasteiger partial charge in [-0.1, -0.05) is 12.8 Å². The molecule has 0 fully saturated rings. The van der Waals surface area contributed by atoms with E-state index in [1.165, 1.54) is 25.0 Å². The van der Waals surface area contributed by atoms with Gasteiger partial charge in [0.25, 0.3) is 5.91 Å². The number of aromatic nitrogens is 1. The average Bonchev–Trinajstić information content (AvgIpc) is 2.46. The van der Waals surface area contributed by atoms with E-state index >= 15 is 0 Å². The van der Waals surface area contributed by atoms with Crippen LogP contribution in [-0.2, 0) is 0 Å². The summed E-state index contributed by atoms with van der Waals surface area (Å²) in [6, 6.07) is 1.74. The van der Waals surface area contributed by atoms with Crippen LogP contribution in [0.2, 0.25) is 0 Å². The summed E-state index contributed by atoms with van der Waals surface area (Å²) in [4.78, 5) is 16.0. The summed E-state index contributed by atoms with van der Waals surface area (Å²) >= 11 is 1.89. The van der Waals surface area contributed by atoms with Crippen LogP contribution in [-0.4, -0.2) is 36.5 Å². The summed E-state index contributed by atoms with van der Waals surface area (Å²) in [5, 5.41) is 5.93. The number of pyridine rings is 1. The number of rotatable bonds is 9. The van der Waals surface area contributed by atoms with Gasteiger partial charge in [0.15, 0.2) is 0 Å². The smallest absolute Gasteiger partial charge is 0.253 e. The minimum absolute atomic E-state index is 0.0316. The van der Waals surface area contributed by atoms with Crippen molar-refractivity contribution in [3.05, 3.63) is 24.0 Å². The van der Waals surface area contributed by atoms with E-state index in [1.807, 2.05) is 11.8 Å². The first kappa shape index (κ1) is 15.8. The van der Waals surface area contributed by atoms with Crippen LogP contribution in [0.5, 0.6) is 0 Å². The number of amides is 1. The lowest BCUT2D eigenvalue weighted by atomic mass is 10.2. The predicted octanol–water partition coefficient (Wildman–Crippen LogP) is 2.78. The van der Waals surface area contributed by atoms with Gasteiger partial charge in [-0.3, -0.25) is 9.78 Å². The van der Waals surface area contributed by atoms with E-state index < -0.39 is 0 Å². The van der Waals surface area contributed by atoms with E-state index in [0.717, 1.165) is 18.7 Å². The molecule has 0 radical (unpaired) electrons. The van der Waals surface area contributed by atoms with Gasteiger partial charge >= 0.3 is 0 Å². The molecule has 0 bridgehead atoms. The van der Waals surface area contributed by atoms with Crippen LogP contribution in [0.1, 0.15) is 36.0 Å². The largest absolute Gasteiger partial charge is 0.386 e. The van der Waals surface area contributed by atoms with Crippen molar-refractivity contribution in [1.82, 2.24) is 10.3 Å². The lowest BCUT2D eigenvalue weighted by Gasteiger charge is -2.09. The fourth-order valence-electron chi connectivity index (χ4n) is 1.81. The molecule has 0 aliphatic rings. The van der Waals surface area contributed by atoms with Crippen molar-refractivity contribution < 1.29 is 4.79 Å². The van der Waals surface area contributed by atoms with Crippen LogP contribution in [0.25, 0.3) is 0 Å². The molecule has 0 unspecified atom stereocenters. The summed E-state index contributed by atoms with van der Waals surface area (Å²) in [5.74, 6) is 1.20. The van der Waals surface area contributed by atoms with Crippen molar-refractivity contribution in [3.63, 3.8) is 0 Å². The highest BCUT2D eigenvalue weighted by atomic mass is 32.2.